The average Bonchev–Trinajstić information content (AvgIpc) is 1.61. The van der Waals surface area contributed by atoms with Gasteiger partial charge < -0.3 is 0 Å². The van der Waals surface area contributed by atoms with Crippen molar-refractivity contribution in [3.8, 4) is 11.8 Å². The summed E-state index contributed by atoms with van der Waals surface area (Å²) < 4.78 is 0. The van der Waals surface area contributed by atoms with E-state index in [0.29, 0.717) is 5.92 Å². The monoisotopic (exact) mass is 112 g/mol. The quantitative estimate of drug-likeness (QED) is 0.423. The molecule has 0 heterocycles. The van der Waals surface area contributed by atoms with E-state index in [4.69, 9.17) is 0 Å². The molecule has 0 nitrogen and oxygen atoms in total. The summed E-state index contributed by atoms with van der Waals surface area (Å²) in [4.78, 5) is 0. The molecule has 0 radical (unpaired) electrons. The first-order valence-electron chi connectivity index (χ1n) is 2.75. The second kappa shape index (κ2) is 6.56. The smallest absolute Gasteiger partial charge is 0.0146 e. The van der Waals surface area contributed by atoms with Crippen LogP contribution >= 0.6 is 0 Å². The van der Waals surface area contributed by atoms with Gasteiger partial charge in [0.25, 0.3) is 0 Å². The largest absolute Gasteiger partial charge is 0.103 e. The summed E-state index contributed by atoms with van der Waals surface area (Å²) in [6, 6.07) is 0. The van der Waals surface area contributed by atoms with Crippen molar-refractivity contribution in [3.05, 3.63) is 0 Å². The van der Waals surface area contributed by atoms with Gasteiger partial charge in [0.05, 0.1) is 0 Å². The van der Waals surface area contributed by atoms with Crippen LogP contribution in [0.1, 0.15) is 34.6 Å². The highest BCUT2D eigenvalue weighted by Gasteiger charge is 1.77. The van der Waals surface area contributed by atoms with Crippen LogP contribution in [0.25, 0.3) is 0 Å². The fourth-order valence-corrected chi connectivity index (χ4v) is 0.306. The molecule has 0 atom stereocenters. The average molecular weight is 112 g/mol. The van der Waals surface area contributed by atoms with Crippen LogP contribution < -0.4 is 0 Å². The molecule has 0 aromatic heterocycles. The second-order valence-corrected chi connectivity index (χ2v) is 1.83. The first-order chi connectivity index (χ1) is 3.27. The van der Waals surface area contributed by atoms with Gasteiger partial charge in [0.1, 0.15) is 0 Å². The number of hydrogen-bond donors (Lipinski definition) is 0. The number of hydrogen-bond acceptors (Lipinski definition) is 0. The van der Waals surface area contributed by atoms with Crippen molar-refractivity contribution in [2.45, 2.75) is 34.6 Å². The molecule has 0 amide bonds. The van der Waals surface area contributed by atoms with Crippen LogP contribution in [-0.4, -0.2) is 0 Å². The van der Waals surface area contributed by atoms with Crippen molar-refractivity contribution in [1.82, 2.24) is 0 Å². The van der Waals surface area contributed by atoms with E-state index in [0.717, 1.165) is 6.42 Å². The summed E-state index contributed by atoms with van der Waals surface area (Å²) in [6.45, 7) is 6.26. The lowest BCUT2D eigenvalue weighted by Gasteiger charge is -1.83. The molecule has 0 aliphatic rings. The zero-order valence-corrected chi connectivity index (χ0v) is 5.28. The van der Waals surface area contributed by atoms with Crippen LogP contribution in [0.3, 0.4) is 0 Å². The first-order valence-corrected chi connectivity index (χ1v) is 2.75. The molecule has 0 N–H and O–H groups in total. The first kappa shape index (κ1) is 10.5. The van der Waals surface area contributed by atoms with E-state index in [1.807, 2.05) is 0 Å². The highest BCUT2D eigenvalue weighted by molar-refractivity contribution is 4.99. The normalized spacial score (nSPS) is 7.00. The molecule has 0 unspecified atom stereocenters. The molecule has 0 spiro atoms. The van der Waals surface area contributed by atoms with Crippen molar-refractivity contribution in [1.29, 1.82) is 0 Å². The Balaban J connectivity index is 0. The van der Waals surface area contributed by atoms with Gasteiger partial charge in [-0.15, -0.1) is 11.8 Å². The zero-order valence-electron chi connectivity index (χ0n) is 5.28. The predicted octanol–water partition coefficient (Wildman–Crippen LogP) is 2.69. The van der Waals surface area contributed by atoms with Crippen LogP contribution in [0, 0.1) is 17.8 Å². The maximum Gasteiger partial charge on any atom is 0.0146 e. The summed E-state index contributed by atoms with van der Waals surface area (Å²) in [5, 5.41) is 0. The highest BCUT2D eigenvalue weighted by atomic mass is 13.8. The van der Waals surface area contributed by atoms with E-state index < -0.39 is 0 Å². The minimum Gasteiger partial charge on any atom is -0.103 e. The Morgan fingerprint density at radius 1 is 1.38 bits per heavy atom. The summed E-state index contributed by atoms with van der Waals surface area (Å²) in [7, 11) is 0. The summed E-state index contributed by atoms with van der Waals surface area (Å²) >= 11 is 0. The maximum absolute atomic E-state index is 3.05. The minimum absolute atomic E-state index is 0. The Morgan fingerprint density at radius 2 is 1.88 bits per heavy atom. The Labute approximate surface area is 53.3 Å². The second-order valence-electron chi connectivity index (χ2n) is 1.83. The topological polar surface area (TPSA) is 0 Å². The van der Waals surface area contributed by atoms with Gasteiger partial charge in [-0.1, -0.05) is 28.2 Å². The fourth-order valence-electron chi connectivity index (χ4n) is 0.306. The van der Waals surface area contributed by atoms with E-state index in [1.165, 1.54) is 0 Å². The van der Waals surface area contributed by atoms with Gasteiger partial charge in [0.2, 0.25) is 0 Å². The molecule has 0 aromatic rings. The molecule has 0 aliphatic heterocycles. The van der Waals surface area contributed by atoms with Crippen molar-refractivity contribution >= 4 is 0 Å². The SMILES string of the molecule is C.CCC#CC(C)C. The van der Waals surface area contributed by atoms with Crippen molar-refractivity contribution in [3.63, 3.8) is 0 Å². The van der Waals surface area contributed by atoms with E-state index in [9.17, 15) is 0 Å². The van der Waals surface area contributed by atoms with E-state index >= 15 is 0 Å². The Bertz CT molecular complexity index is 79.9. The molecular weight excluding hydrogens is 96.1 g/mol. The Morgan fingerprint density at radius 3 is 2.00 bits per heavy atom. The van der Waals surface area contributed by atoms with Gasteiger partial charge in [-0.2, -0.15) is 0 Å². The molecule has 0 saturated heterocycles. The predicted molar refractivity (Wildman–Crippen MR) is 39.6 cm³/mol. The molecule has 8 heavy (non-hydrogen) atoms. The Kier molecular flexibility index (Phi) is 8.63. The molecule has 0 rings (SSSR count). The van der Waals surface area contributed by atoms with Gasteiger partial charge in [0, 0.05) is 12.3 Å². The summed E-state index contributed by atoms with van der Waals surface area (Å²) in [6.07, 6.45) is 0.984. The minimum atomic E-state index is 0. The van der Waals surface area contributed by atoms with Gasteiger partial charge >= 0.3 is 0 Å². The van der Waals surface area contributed by atoms with Crippen LogP contribution in [0.2, 0.25) is 0 Å². The van der Waals surface area contributed by atoms with Crippen LogP contribution in [0.5, 0.6) is 0 Å². The van der Waals surface area contributed by atoms with E-state index in [-0.39, 0.29) is 7.43 Å². The van der Waals surface area contributed by atoms with Crippen LogP contribution in [-0.2, 0) is 0 Å². The number of rotatable bonds is 0. The third-order valence-electron chi connectivity index (χ3n) is 0.568. The molecule has 0 fully saturated rings. The molecule has 0 bridgehead atoms. The molecular formula is C8H16. The molecule has 0 saturated carbocycles. The molecule has 0 aliphatic carbocycles. The fraction of sp³-hybridized carbons (Fsp3) is 0.750. The lowest BCUT2D eigenvalue weighted by atomic mass is 10.2. The summed E-state index contributed by atoms with van der Waals surface area (Å²) in [5.41, 5.74) is 0. The van der Waals surface area contributed by atoms with Gasteiger partial charge in [-0.25, -0.2) is 0 Å². The lowest BCUT2D eigenvalue weighted by molar-refractivity contribution is 0.864. The highest BCUT2D eigenvalue weighted by Crippen LogP contribution is 1.85. The van der Waals surface area contributed by atoms with Crippen LogP contribution in [0.4, 0.5) is 0 Å². The van der Waals surface area contributed by atoms with Gasteiger partial charge in [0.15, 0.2) is 0 Å². The molecule has 0 heteroatoms. The van der Waals surface area contributed by atoms with E-state index in [1.54, 1.807) is 0 Å². The van der Waals surface area contributed by atoms with Crippen molar-refractivity contribution in [2.24, 2.45) is 5.92 Å². The summed E-state index contributed by atoms with van der Waals surface area (Å²) in [5.74, 6) is 6.58. The third-order valence-corrected chi connectivity index (χ3v) is 0.568. The standard InChI is InChI=1S/C7H12.CH4/c1-4-5-6-7(2)3;/h7H,4H2,1-3H3;1H4. The lowest BCUT2D eigenvalue weighted by Crippen LogP contribution is -1.75. The zero-order chi connectivity index (χ0) is 5.70. The van der Waals surface area contributed by atoms with E-state index in [2.05, 4.69) is 32.6 Å². The molecule has 48 valence electrons. The van der Waals surface area contributed by atoms with Gasteiger partial charge in [-0.05, 0) is 0 Å². The maximum atomic E-state index is 3.05. The van der Waals surface area contributed by atoms with Crippen LogP contribution in [0.15, 0.2) is 0 Å². The van der Waals surface area contributed by atoms with Crippen molar-refractivity contribution in [2.75, 3.05) is 0 Å². The van der Waals surface area contributed by atoms with Crippen molar-refractivity contribution < 1.29 is 0 Å². The third kappa shape index (κ3) is 9.12. The Hall–Kier alpha value is -0.440. The van der Waals surface area contributed by atoms with Gasteiger partial charge in [-0.3, -0.25) is 0 Å². The molecule has 0 aromatic carbocycles.